The van der Waals surface area contributed by atoms with Crippen molar-refractivity contribution in [2.75, 3.05) is 30.3 Å². The SMILES string of the molecule is CCOC(CCN(c1ccccc1)S(C)(=O)=O)OCC. The topological polar surface area (TPSA) is 55.8 Å². The lowest BCUT2D eigenvalue weighted by molar-refractivity contribution is -0.137. The van der Waals surface area contributed by atoms with Gasteiger partial charge in [-0.05, 0) is 26.0 Å². The Morgan fingerprint density at radius 2 is 1.65 bits per heavy atom. The first-order chi connectivity index (χ1) is 9.49. The van der Waals surface area contributed by atoms with E-state index in [-0.39, 0.29) is 6.29 Å². The smallest absolute Gasteiger partial charge is 0.232 e. The van der Waals surface area contributed by atoms with Crippen LogP contribution >= 0.6 is 0 Å². The Hall–Kier alpha value is -1.11. The van der Waals surface area contributed by atoms with Crippen LogP contribution < -0.4 is 4.31 Å². The fourth-order valence-electron chi connectivity index (χ4n) is 1.89. The highest BCUT2D eigenvalue weighted by atomic mass is 32.2. The first-order valence-electron chi connectivity index (χ1n) is 6.75. The molecule has 0 unspecified atom stereocenters. The normalized spacial score (nSPS) is 11.8. The molecule has 5 nitrogen and oxygen atoms in total. The lowest BCUT2D eigenvalue weighted by Gasteiger charge is -2.25. The molecule has 1 aromatic carbocycles. The van der Waals surface area contributed by atoms with E-state index in [9.17, 15) is 8.42 Å². The van der Waals surface area contributed by atoms with Crippen LogP contribution in [0, 0.1) is 0 Å². The molecule has 114 valence electrons. The Kier molecular flexibility index (Phi) is 6.98. The monoisotopic (exact) mass is 301 g/mol. The third kappa shape index (κ3) is 5.48. The van der Waals surface area contributed by atoms with E-state index >= 15 is 0 Å². The van der Waals surface area contributed by atoms with Gasteiger partial charge in [-0.15, -0.1) is 0 Å². The summed E-state index contributed by atoms with van der Waals surface area (Å²) in [5.74, 6) is 0. The largest absolute Gasteiger partial charge is 0.353 e. The number of benzene rings is 1. The van der Waals surface area contributed by atoms with Gasteiger partial charge in [0.1, 0.15) is 0 Å². The Morgan fingerprint density at radius 1 is 1.10 bits per heavy atom. The third-order valence-electron chi connectivity index (χ3n) is 2.72. The van der Waals surface area contributed by atoms with Gasteiger partial charge in [-0.2, -0.15) is 0 Å². The molecule has 20 heavy (non-hydrogen) atoms. The molecule has 0 fully saturated rings. The fourth-order valence-corrected chi connectivity index (χ4v) is 2.83. The summed E-state index contributed by atoms with van der Waals surface area (Å²) in [7, 11) is -3.32. The summed E-state index contributed by atoms with van der Waals surface area (Å²) in [5.41, 5.74) is 0.654. The van der Waals surface area contributed by atoms with E-state index in [0.717, 1.165) is 0 Å². The zero-order chi connectivity index (χ0) is 15.0. The van der Waals surface area contributed by atoms with E-state index in [1.165, 1.54) is 10.6 Å². The molecule has 1 rings (SSSR count). The molecule has 0 radical (unpaired) electrons. The molecule has 0 bridgehead atoms. The molecule has 0 atom stereocenters. The van der Waals surface area contributed by atoms with Gasteiger partial charge in [-0.3, -0.25) is 4.31 Å². The molecule has 0 aliphatic rings. The summed E-state index contributed by atoms with van der Waals surface area (Å²) >= 11 is 0. The van der Waals surface area contributed by atoms with Crippen LogP contribution in [0.5, 0.6) is 0 Å². The molecule has 0 aliphatic heterocycles. The van der Waals surface area contributed by atoms with Gasteiger partial charge in [0.25, 0.3) is 0 Å². The maximum atomic E-state index is 11.9. The van der Waals surface area contributed by atoms with Gasteiger partial charge < -0.3 is 9.47 Å². The minimum Gasteiger partial charge on any atom is -0.353 e. The average molecular weight is 301 g/mol. The molecule has 0 aliphatic carbocycles. The minimum atomic E-state index is -3.32. The second-order valence-corrected chi connectivity index (χ2v) is 6.21. The van der Waals surface area contributed by atoms with Gasteiger partial charge in [0.05, 0.1) is 11.9 Å². The molecular formula is C14H23NO4S. The van der Waals surface area contributed by atoms with E-state index in [1.54, 1.807) is 12.1 Å². The predicted octanol–water partition coefficient (Wildman–Crippen LogP) is 2.24. The summed E-state index contributed by atoms with van der Waals surface area (Å²) in [4.78, 5) is 0. The van der Waals surface area contributed by atoms with Crippen LogP contribution in [0.2, 0.25) is 0 Å². The number of anilines is 1. The summed E-state index contributed by atoms with van der Waals surface area (Å²) < 4.78 is 36.1. The third-order valence-corrected chi connectivity index (χ3v) is 3.91. The highest BCUT2D eigenvalue weighted by Crippen LogP contribution is 2.18. The minimum absolute atomic E-state index is 0.327. The van der Waals surface area contributed by atoms with Crippen molar-refractivity contribution < 1.29 is 17.9 Å². The van der Waals surface area contributed by atoms with Crippen molar-refractivity contribution in [2.45, 2.75) is 26.6 Å². The van der Waals surface area contributed by atoms with Gasteiger partial charge in [-0.1, -0.05) is 18.2 Å². The summed E-state index contributed by atoms with van der Waals surface area (Å²) in [6.07, 6.45) is 1.32. The van der Waals surface area contributed by atoms with Gasteiger partial charge in [0.2, 0.25) is 10.0 Å². The second-order valence-electron chi connectivity index (χ2n) is 4.30. The summed E-state index contributed by atoms with van der Waals surface area (Å²) in [6.45, 7) is 5.17. The lowest BCUT2D eigenvalue weighted by Crippen LogP contribution is -2.33. The molecule has 0 aromatic heterocycles. The highest BCUT2D eigenvalue weighted by Gasteiger charge is 2.19. The van der Waals surface area contributed by atoms with Gasteiger partial charge in [0.15, 0.2) is 6.29 Å². The van der Waals surface area contributed by atoms with E-state index in [2.05, 4.69) is 0 Å². The molecule has 6 heteroatoms. The van der Waals surface area contributed by atoms with Crippen LogP contribution in [0.4, 0.5) is 5.69 Å². The van der Waals surface area contributed by atoms with E-state index < -0.39 is 10.0 Å². The second kappa shape index (κ2) is 8.24. The molecule has 0 saturated heterocycles. The average Bonchev–Trinajstić information content (AvgIpc) is 2.39. The maximum Gasteiger partial charge on any atom is 0.232 e. The number of para-hydroxylation sites is 1. The zero-order valence-corrected chi connectivity index (χ0v) is 13.1. The Labute approximate surface area is 121 Å². The van der Waals surface area contributed by atoms with Crippen molar-refractivity contribution in [1.82, 2.24) is 0 Å². The Balaban J connectivity index is 2.77. The van der Waals surface area contributed by atoms with Crippen LogP contribution in [-0.4, -0.2) is 40.7 Å². The first kappa shape index (κ1) is 16.9. The van der Waals surface area contributed by atoms with Crippen molar-refractivity contribution in [3.05, 3.63) is 30.3 Å². The number of hydrogen-bond donors (Lipinski definition) is 0. The first-order valence-corrected chi connectivity index (χ1v) is 8.59. The lowest BCUT2D eigenvalue weighted by atomic mass is 10.3. The van der Waals surface area contributed by atoms with Crippen LogP contribution in [0.15, 0.2) is 30.3 Å². The number of ether oxygens (including phenoxy) is 2. The maximum absolute atomic E-state index is 11.9. The summed E-state index contributed by atoms with van der Waals surface area (Å²) in [6, 6.07) is 9.04. The van der Waals surface area contributed by atoms with Crippen molar-refractivity contribution in [1.29, 1.82) is 0 Å². The predicted molar refractivity (Wildman–Crippen MR) is 80.3 cm³/mol. The molecule has 0 N–H and O–H groups in total. The number of hydrogen-bond acceptors (Lipinski definition) is 4. The van der Waals surface area contributed by atoms with Crippen LogP contribution in [0.1, 0.15) is 20.3 Å². The summed E-state index contributed by atoms with van der Waals surface area (Å²) in [5, 5.41) is 0. The van der Waals surface area contributed by atoms with Crippen molar-refractivity contribution in [3.8, 4) is 0 Å². The van der Waals surface area contributed by atoms with Crippen LogP contribution in [0.25, 0.3) is 0 Å². The van der Waals surface area contributed by atoms with Crippen molar-refractivity contribution >= 4 is 15.7 Å². The number of nitrogens with zero attached hydrogens (tertiary/aromatic N) is 1. The molecule has 0 heterocycles. The Bertz CT molecular complexity index is 469. The fraction of sp³-hybridized carbons (Fsp3) is 0.571. The number of sulfonamides is 1. The van der Waals surface area contributed by atoms with Gasteiger partial charge >= 0.3 is 0 Å². The standard InChI is InChI=1S/C14H23NO4S/c1-4-18-14(19-5-2)11-12-15(20(3,16)17)13-9-7-6-8-10-13/h6-10,14H,4-5,11-12H2,1-3H3. The van der Waals surface area contributed by atoms with Crippen molar-refractivity contribution in [3.63, 3.8) is 0 Å². The zero-order valence-electron chi connectivity index (χ0n) is 12.3. The van der Waals surface area contributed by atoms with E-state index in [0.29, 0.717) is 31.9 Å². The van der Waals surface area contributed by atoms with E-state index in [4.69, 9.17) is 9.47 Å². The highest BCUT2D eigenvalue weighted by molar-refractivity contribution is 7.92. The Morgan fingerprint density at radius 3 is 2.10 bits per heavy atom. The van der Waals surface area contributed by atoms with Crippen LogP contribution in [-0.2, 0) is 19.5 Å². The molecule has 0 saturated carbocycles. The van der Waals surface area contributed by atoms with Gasteiger partial charge in [-0.25, -0.2) is 8.42 Å². The number of rotatable bonds is 9. The van der Waals surface area contributed by atoms with E-state index in [1.807, 2.05) is 32.0 Å². The van der Waals surface area contributed by atoms with Crippen molar-refractivity contribution in [2.24, 2.45) is 0 Å². The molecule has 1 aromatic rings. The van der Waals surface area contributed by atoms with Crippen LogP contribution in [0.3, 0.4) is 0 Å². The molecule has 0 amide bonds. The molecular weight excluding hydrogens is 278 g/mol. The van der Waals surface area contributed by atoms with Gasteiger partial charge in [0, 0.05) is 26.2 Å². The quantitative estimate of drug-likeness (QED) is 0.656. The molecule has 0 spiro atoms.